The third-order valence-electron chi connectivity index (χ3n) is 2.72. The Balaban J connectivity index is 2.12. The Morgan fingerprint density at radius 1 is 1.22 bits per heavy atom. The number of rotatable bonds is 1. The summed E-state index contributed by atoms with van der Waals surface area (Å²) in [7, 11) is 0. The van der Waals surface area contributed by atoms with Gasteiger partial charge < -0.3 is 5.73 Å². The quantitative estimate of drug-likeness (QED) is 0.690. The zero-order chi connectivity index (χ0) is 12.7. The van der Waals surface area contributed by atoms with E-state index in [1.54, 1.807) is 29.0 Å². The highest BCUT2D eigenvalue weighted by atomic mass is 35.5. The molecule has 3 nitrogen and oxygen atoms in total. The maximum atomic E-state index is 12.3. The summed E-state index contributed by atoms with van der Waals surface area (Å²) >= 11 is 7.12. The zero-order valence-corrected chi connectivity index (χ0v) is 10.8. The first-order valence-corrected chi connectivity index (χ1v) is 6.51. The van der Waals surface area contributed by atoms with E-state index >= 15 is 0 Å². The minimum Gasteiger partial charge on any atom is -0.399 e. The molecule has 0 spiro atoms. The molecule has 0 aliphatic heterocycles. The molecule has 0 amide bonds. The van der Waals surface area contributed by atoms with Crippen molar-refractivity contribution in [2.45, 2.75) is 0 Å². The molecule has 0 unspecified atom stereocenters. The van der Waals surface area contributed by atoms with Gasteiger partial charge in [0.1, 0.15) is 0 Å². The summed E-state index contributed by atoms with van der Waals surface area (Å²) in [6.07, 6.45) is 1.75. The lowest BCUT2D eigenvalue weighted by Crippen LogP contribution is -2.08. The Bertz CT molecular complexity index is 744. The van der Waals surface area contributed by atoms with Crippen LogP contribution in [-0.2, 0) is 0 Å². The number of benzene rings is 1. The highest BCUT2D eigenvalue weighted by Crippen LogP contribution is 2.25. The minimum atomic E-state index is -0.0772. The second-order valence-electron chi connectivity index (χ2n) is 3.91. The lowest BCUT2D eigenvalue weighted by molar-refractivity contribution is 0.0969. The second-order valence-corrected chi connectivity index (χ2v) is 5.63. The number of nitrogens with two attached hydrogens (primary N) is 1. The first kappa shape index (κ1) is 11.3. The van der Waals surface area contributed by atoms with Crippen LogP contribution in [0.1, 0.15) is 9.67 Å². The topological polar surface area (TPSA) is 48.0 Å². The van der Waals surface area contributed by atoms with Crippen molar-refractivity contribution in [1.82, 2.24) is 4.57 Å². The smallest absolute Gasteiger partial charge is 0.272 e. The van der Waals surface area contributed by atoms with E-state index in [1.165, 1.54) is 11.3 Å². The van der Waals surface area contributed by atoms with Crippen LogP contribution < -0.4 is 5.73 Å². The molecule has 3 aromatic rings. The molecule has 0 fully saturated rings. The number of hydrogen-bond donors (Lipinski definition) is 1. The van der Waals surface area contributed by atoms with Crippen LogP contribution in [0, 0.1) is 0 Å². The van der Waals surface area contributed by atoms with Gasteiger partial charge in [-0.1, -0.05) is 11.6 Å². The van der Waals surface area contributed by atoms with E-state index < -0.39 is 0 Å². The van der Waals surface area contributed by atoms with E-state index in [2.05, 4.69) is 0 Å². The SMILES string of the molecule is Nc1ccc2c(ccn2C(=O)c2ccc(Cl)s2)c1. The van der Waals surface area contributed by atoms with E-state index in [4.69, 9.17) is 17.3 Å². The first-order valence-electron chi connectivity index (χ1n) is 5.32. The number of halogens is 1. The van der Waals surface area contributed by atoms with Gasteiger partial charge in [0.15, 0.2) is 0 Å². The summed E-state index contributed by atoms with van der Waals surface area (Å²) in [4.78, 5) is 12.9. The molecule has 90 valence electrons. The highest BCUT2D eigenvalue weighted by molar-refractivity contribution is 7.18. The molecule has 18 heavy (non-hydrogen) atoms. The summed E-state index contributed by atoms with van der Waals surface area (Å²) in [5.74, 6) is -0.0772. The van der Waals surface area contributed by atoms with Gasteiger partial charge in [0.25, 0.3) is 5.91 Å². The fourth-order valence-corrected chi connectivity index (χ4v) is 2.87. The number of fused-ring (bicyclic) bond motifs is 1. The van der Waals surface area contributed by atoms with Crippen LogP contribution in [0.25, 0.3) is 10.9 Å². The van der Waals surface area contributed by atoms with Gasteiger partial charge in [0.05, 0.1) is 14.7 Å². The summed E-state index contributed by atoms with van der Waals surface area (Å²) in [5.41, 5.74) is 7.25. The Labute approximate surface area is 112 Å². The van der Waals surface area contributed by atoms with Crippen molar-refractivity contribution >= 4 is 45.4 Å². The van der Waals surface area contributed by atoms with Crippen LogP contribution in [0.4, 0.5) is 5.69 Å². The molecule has 2 N–H and O–H groups in total. The van der Waals surface area contributed by atoms with E-state index in [1.807, 2.05) is 18.2 Å². The maximum Gasteiger partial charge on any atom is 0.272 e. The largest absolute Gasteiger partial charge is 0.399 e. The molecule has 5 heteroatoms. The lowest BCUT2D eigenvalue weighted by Gasteiger charge is -2.02. The average molecular weight is 277 g/mol. The van der Waals surface area contributed by atoms with Crippen molar-refractivity contribution in [1.29, 1.82) is 0 Å². The van der Waals surface area contributed by atoms with E-state index in [9.17, 15) is 4.79 Å². The number of aromatic nitrogens is 1. The van der Waals surface area contributed by atoms with Crippen molar-refractivity contribution in [3.8, 4) is 0 Å². The molecule has 2 heterocycles. The number of thiophene rings is 1. The monoisotopic (exact) mass is 276 g/mol. The molecule has 3 rings (SSSR count). The number of hydrogen-bond acceptors (Lipinski definition) is 3. The third kappa shape index (κ3) is 1.79. The maximum absolute atomic E-state index is 12.3. The van der Waals surface area contributed by atoms with E-state index in [-0.39, 0.29) is 5.91 Å². The molecular formula is C13H9ClN2OS. The summed E-state index contributed by atoms with van der Waals surface area (Å²) < 4.78 is 2.22. The van der Waals surface area contributed by atoms with Crippen molar-refractivity contribution in [2.24, 2.45) is 0 Å². The molecule has 0 aliphatic carbocycles. The number of carbonyl (C=O) groups excluding carboxylic acids is 1. The molecule has 0 saturated carbocycles. The third-order valence-corrected chi connectivity index (χ3v) is 3.94. The van der Waals surface area contributed by atoms with Crippen molar-refractivity contribution < 1.29 is 4.79 Å². The molecule has 0 bridgehead atoms. The Morgan fingerprint density at radius 2 is 2.06 bits per heavy atom. The minimum absolute atomic E-state index is 0.0772. The molecule has 2 aromatic heterocycles. The predicted octanol–water partition coefficient (Wildman–Crippen LogP) is 3.63. The number of anilines is 1. The van der Waals surface area contributed by atoms with Crippen molar-refractivity contribution in [3.63, 3.8) is 0 Å². The molecule has 1 aromatic carbocycles. The number of carbonyl (C=O) groups is 1. The predicted molar refractivity (Wildman–Crippen MR) is 75.4 cm³/mol. The number of nitrogen functional groups attached to an aromatic ring is 1. The first-order chi connectivity index (χ1) is 8.65. The van der Waals surface area contributed by atoms with Gasteiger partial charge in [-0.3, -0.25) is 9.36 Å². The van der Waals surface area contributed by atoms with Crippen LogP contribution in [0.3, 0.4) is 0 Å². The van der Waals surface area contributed by atoms with Gasteiger partial charge in [0.2, 0.25) is 0 Å². The standard InChI is InChI=1S/C13H9ClN2OS/c14-12-4-3-11(18-12)13(17)16-6-5-8-7-9(15)1-2-10(8)16/h1-7H,15H2. The Hall–Kier alpha value is -1.78. The van der Waals surface area contributed by atoms with Gasteiger partial charge >= 0.3 is 0 Å². The number of nitrogens with zero attached hydrogens (tertiary/aromatic N) is 1. The summed E-state index contributed by atoms with van der Waals surface area (Å²) in [6, 6.07) is 10.8. The second kappa shape index (κ2) is 4.15. The molecule has 0 aliphatic rings. The molecular weight excluding hydrogens is 268 g/mol. The zero-order valence-electron chi connectivity index (χ0n) is 9.26. The van der Waals surface area contributed by atoms with Crippen LogP contribution in [0.2, 0.25) is 4.34 Å². The Kier molecular flexibility index (Phi) is 2.61. The lowest BCUT2D eigenvalue weighted by atomic mass is 10.2. The van der Waals surface area contributed by atoms with Gasteiger partial charge in [-0.25, -0.2) is 0 Å². The van der Waals surface area contributed by atoms with Crippen molar-refractivity contribution in [2.75, 3.05) is 5.73 Å². The fourth-order valence-electron chi connectivity index (χ4n) is 1.89. The van der Waals surface area contributed by atoms with Crippen LogP contribution in [0.5, 0.6) is 0 Å². The van der Waals surface area contributed by atoms with Crippen LogP contribution >= 0.6 is 22.9 Å². The van der Waals surface area contributed by atoms with Gasteiger partial charge in [-0.15, -0.1) is 11.3 Å². The van der Waals surface area contributed by atoms with Crippen LogP contribution in [0.15, 0.2) is 42.6 Å². The molecule has 0 atom stereocenters. The fraction of sp³-hybridized carbons (Fsp3) is 0. The normalized spacial score (nSPS) is 10.9. The summed E-state index contributed by atoms with van der Waals surface area (Å²) in [5, 5.41) is 0.950. The highest BCUT2D eigenvalue weighted by Gasteiger charge is 2.13. The van der Waals surface area contributed by atoms with Crippen LogP contribution in [-0.4, -0.2) is 10.5 Å². The van der Waals surface area contributed by atoms with Crippen molar-refractivity contribution in [3.05, 3.63) is 51.8 Å². The molecule has 0 saturated heterocycles. The van der Waals surface area contributed by atoms with E-state index in [0.717, 1.165) is 10.9 Å². The average Bonchev–Trinajstić information content (AvgIpc) is 2.94. The Morgan fingerprint density at radius 3 is 2.78 bits per heavy atom. The summed E-state index contributed by atoms with van der Waals surface area (Å²) in [6.45, 7) is 0. The van der Waals surface area contributed by atoms with Gasteiger partial charge in [0, 0.05) is 17.3 Å². The molecule has 0 radical (unpaired) electrons. The van der Waals surface area contributed by atoms with Gasteiger partial charge in [-0.05, 0) is 36.4 Å². The van der Waals surface area contributed by atoms with E-state index in [0.29, 0.717) is 14.9 Å². The van der Waals surface area contributed by atoms with Gasteiger partial charge in [-0.2, -0.15) is 0 Å².